The number of fused-ring (bicyclic) bond motifs is 2. The van der Waals surface area contributed by atoms with Gasteiger partial charge in [0.15, 0.2) is 5.78 Å². The van der Waals surface area contributed by atoms with Crippen LogP contribution >= 0.6 is 0 Å². The van der Waals surface area contributed by atoms with Crippen molar-refractivity contribution in [2.24, 2.45) is 0 Å². The molecule has 2 bridgehead atoms. The molecule has 90 valence electrons. The van der Waals surface area contributed by atoms with Crippen molar-refractivity contribution in [2.45, 2.75) is 24.9 Å². The maximum absolute atomic E-state index is 11.6. The smallest absolute Gasteiger partial charge is 0.265 e. The molecule has 7 nitrogen and oxygen atoms in total. The SMILES string of the molecule is O=C1C[C@H](n2[nH]c(=O)ccc2=O)[C@H]2CO[C@H]1O2. The Hall–Kier alpha value is -1.73. The normalized spacial score (nSPS) is 31.8. The third-order valence-corrected chi connectivity index (χ3v) is 2.99. The molecule has 17 heavy (non-hydrogen) atoms. The van der Waals surface area contributed by atoms with Crippen LogP contribution in [-0.4, -0.2) is 34.6 Å². The number of carbonyl (C=O) groups is 1. The van der Waals surface area contributed by atoms with Gasteiger partial charge in [0.05, 0.1) is 12.6 Å². The van der Waals surface area contributed by atoms with E-state index in [1.54, 1.807) is 0 Å². The molecule has 0 spiro atoms. The standard InChI is InChI=1S/C10H10N2O5/c13-6-3-5(7-4-16-10(6)17-7)12-9(15)2-1-8(14)11-12/h1-2,5,7,10H,3-4H2,(H,11,14)/t5-,7+,10-/m0/s1. The van der Waals surface area contributed by atoms with Gasteiger partial charge in [0.25, 0.3) is 11.1 Å². The predicted molar refractivity (Wildman–Crippen MR) is 54.6 cm³/mol. The zero-order valence-electron chi connectivity index (χ0n) is 8.79. The number of hydrogen-bond acceptors (Lipinski definition) is 5. The van der Waals surface area contributed by atoms with E-state index in [0.717, 1.165) is 10.7 Å². The maximum atomic E-state index is 11.6. The lowest BCUT2D eigenvalue weighted by Crippen LogP contribution is -2.43. The number of H-pyrrole nitrogens is 1. The zero-order valence-corrected chi connectivity index (χ0v) is 8.79. The van der Waals surface area contributed by atoms with E-state index in [1.165, 1.54) is 6.07 Å². The highest BCUT2D eigenvalue weighted by atomic mass is 16.7. The minimum atomic E-state index is -0.803. The second-order valence-corrected chi connectivity index (χ2v) is 4.10. The third kappa shape index (κ3) is 1.63. The Kier molecular flexibility index (Phi) is 2.23. The molecule has 2 saturated heterocycles. The van der Waals surface area contributed by atoms with E-state index in [9.17, 15) is 14.4 Å². The molecule has 0 amide bonds. The van der Waals surface area contributed by atoms with Gasteiger partial charge >= 0.3 is 0 Å². The molecule has 2 fully saturated rings. The van der Waals surface area contributed by atoms with Gasteiger partial charge in [0, 0.05) is 18.6 Å². The number of aromatic nitrogens is 2. The van der Waals surface area contributed by atoms with E-state index in [0.29, 0.717) is 0 Å². The molecule has 2 aliphatic rings. The molecule has 7 heteroatoms. The number of nitrogens with one attached hydrogen (secondary N) is 1. The van der Waals surface area contributed by atoms with Gasteiger partial charge in [0.2, 0.25) is 6.29 Å². The van der Waals surface area contributed by atoms with Crippen LogP contribution < -0.4 is 11.1 Å². The molecule has 0 radical (unpaired) electrons. The summed E-state index contributed by atoms with van der Waals surface area (Å²) in [6.07, 6.45) is -1.04. The van der Waals surface area contributed by atoms with Crippen molar-refractivity contribution in [3.05, 3.63) is 32.8 Å². The Bertz CT molecular complexity index is 575. The fraction of sp³-hybridized carbons (Fsp3) is 0.500. The molecular formula is C10H10N2O5. The molecule has 1 aromatic rings. The van der Waals surface area contributed by atoms with Gasteiger partial charge in [-0.2, -0.15) is 0 Å². The largest absolute Gasteiger partial charge is 0.343 e. The van der Waals surface area contributed by atoms with Crippen molar-refractivity contribution in [1.29, 1.82) is 0 Å². The second-order valence-electron chi connectivity index (χ2n) is 4.10. The van der Waals surface area contributed by atoms with Crippen molar-refractivity contribution >= 4 is 5.78 Å². The Morgan fingerprint density at radius 1 is 1.29 bits per heavy atom. The van der Waals surface area contributed by atoms with E-state index in [-0.39, 0.29) is 30.5 Å². The first-order valence-electron chi connectivity index (χ1n) is 5.27. The first kappa shape index (κ1) is 10.4. The summed E-state index contributed by atoms with van der Waals surface area (Å²) in [5.41, 5.74) is -0.755. The van der Waals surface area contributed by atoms with Gasteiger partial charge in [-0.1, -0.05) is 0 Å². The highest BCUT2D eigenvalue weighted by Crippen LogP contribution is 2.31. The lowest BCUT2D eigenvalue weighted by atomic mass is 10.0. The van der Waals surface area contributed by atoms with Crippen LogP contribution in [0, 0.1) is 0 Å². The summed E-state index contributed by atoms with van der Waals surface area (Å²) in [5, 5.41) is 2.41. The molecule has 3 heterocycles. The van der Waals surface area contributed by atoms with E-state index in [1.807, 2.05) is 0 Å². The minimum Gasteiger partial charge on any atom is -0.343 e. The Labute approximate surface area is 94.9 Å². The van der Waals surface area contributed by atoms with Crippen LogP contribution in [0.5, 0.6) is 0 Å². The fourth-order valence-corrected chi connectivity index (χ4v) is 2.17. The molecule has 1 aromatic heterocycles. The quantitative estimate of drug-likeness (QED) is 0.663. The van der Waals surface area contributed by atoms with Gasteiger partial charge < -0.3 is 9.47 Å². The van der Waals surface area contributed by atoms with Gasteiger partial charge in [-0.15, -0.1) is 0 Å². The van der Waals surface area contributed by atoms with Crippen molar-refractivity contribution in [3.63, 3.8) is 0 Å². The first-order valence-corrected chi connectivity index (χ1v) is 5.27. The zero-order chi connectivity index (χ0) is 12.0. The summed E-state index contributed by atoms with van der Waals surface area (Å²) < 4.78 is 11.6. The fourth-order valence-electron chi connectivity index (χ4n) is 2.17. The molecule has 3 rings (SSSR count). The van der Waals surface area contributed by atoms with Crippen LogP contribution in [0.3, 0.4) is 0 Å². The molecular weight excluding hydrogens is 228 g/mol. The van der Waals surface area contributed by atoms with Gasteiger partial charge in [-0.05, 0) is 0 Å². The summed E-state index contributed by atoms with van der Waals surface area (Å²) >= 11 is 0. The summed E-state index contributed by atoms with van der Waals surface area (Å²) in [6.45, 7) is 0.254. The number of ether oxygens (including phenoxy) is 2. The van der Waals surface area contributed by atoms with E-state index < -0.39 is 17.9 Å². The average molecular weight is 238 g/mol. The molecule has 3 atom stereocenters. The molecule has 0 aromatic carbocycles. The molecule has 0 aliphatic carbocycles. The summed E-state index contributed by atoms with van der Waals surface area (Å²) in [6, 6.07) is 1.83. The highest BCUT2D eigenvalue weighted by molar-refractivity contribution is 5.83. The Morgan fingerprint density at radius 2 is 2.12 bits per heavy atom. The van der Waals surface area contributed by atoms with E-state index >= 15 is 0 Å². The topological polar surface area (TPSA) is 90.4 Å². The van der Waals surface area contributed by atoms with Gasteiger partial charge in [-0.3, -0.25) is 19.5 Å². The number of carbonyl (C=O) groups excluding carboxylic acids is 1. The lowest BCUT2D eigenvalue weighted by Gasteiger charge is -2.27. The van der Waals surface area contributed by atoms with Gasteiger partial charge in [0.1, 0.15) is 6.10 Å². The summed E-state index contributed by atoms with van der Waals surface area (Å²) in [5.74, 6) is -0.208. The third-order valence-electron chi connectivity index (χ3n) is 2.99. The van der Waals surface area contributed by atoms with E-state index in [4.69, 9.17) is 9.47 Å². The number of ketones is 1. The maximum Gasteiger partial charge on any atom is 0.265 e. The van der Waals surface area contributed by atoms with Crippen LogP contribution in [0.15, 0.2) is 21.7 Å². The first-order chi connectivity index (χ1) is 8.15. The summed E-state index contributed by atoms with van der Waals surface area (Å²) in [7, 11) is 0. The van der Waals surface area contributed by atoms with Crippen molar-refractivity contribution in [3.8, 4) is 0 Å². The van der Waals surface area contributed by atoms with Crippen LogP contribution in [0.1, 0.15) is 12.5 Å². The Balaban J connectivity index is 2.03. The molecule has 1 N–H and O–H groups in total. The molecule has 2 aliphatic heterocycles. The summed E-state index contributed by atoms with van der Waals surface area (Å²) in [4.78, 5) is 34.4. The molecule has 0 unspecified atom stereocenters. The van der Waals surface area contributed by atoms with E-state index in [2.05, 4.69) is 5.10 Å². The van der Waals surface area contributed by atoms with Crippen LogP contribution in [-0.2, 0) is 14.3 Å². The predicted octanol–water partition coefficient (Wildman–Crippen LogP) is -1.21. The van der Waals surface area contributed by atoms with Gasteiger partial charge in [-0.25, -0.2) is 4.68 Å². The van der Waals surface area contributed by atoms with Crippen LogP contribution in [0.2, 0.25) is 0 Å². The monoisotopic (exact) mass is 238 g/mol. The molecule has 0 saturated carbocycles. The van der Waals surface area contributed by atoms with Crippen LogP contribution in [0.25, 0.3) is 0 Å². The van der Waals surface area contributed by atoms with Crippen molar-refractivity contribution in [2.75, 3.05) is 6.61 Å². The minimum absolute atomic E-state index is 0.134. The average Bonchev–Trinajstić information content (AvgIpc) is 2.73. The van der Waals surface area contributed by atoms with Crippen LogP contribution in [0.4, 0.5) is 0 Å². The van der Waals surface area contributed by atoms with Crippen molar-refractivity contribution < 1.29 is 14.3 Å². The Morgan fingerprint density at radius 3 is 2.94 bits per heavy atom. The number of aromatic amines is 1. The lowest BCUT2D eigenvalue weighted by molar-refractivity contribution is -0.156. The highest BCUT2D eigenvalue weighted by Gasteiger charge is 2.44. The second kappa shape index (κ2) is 3.64. The number of Topliss-reactive ketones (excluding diaryl/α,β-unsaturated/α-hetero) is 1. The number of rotatable bonds is 1. The number of hydrogen-bond donors (Lipinski definition) is 1. The van der Waals surface area contributed by atoms with Crippen molar-refractivity contribution in [1.82, 2.24) is 9.78 Å². The number of nitrogens with zero attached hydrogens (tertiary/aromatic N) is 1.